The number of hydrogen-bond donors (Lipinski definition) is 0. The average Bonchev–Trinajstić information content (AvgIpc) is 2.49. The molecule has 0 bridgehead atoms. The van der Waals surface area contributed by atoms with E-state index in [2.05, 4.69) is 0 Å². The van der Waals surface area contributed by atoms with Crippen LogP contribution >= 0.6 is 0 Å². The van der Waals surface area contributed by atoms with Crippen molar-refractivity contribution in [1.29, 1.82) is 0 Å². The second-order valence-corrected chi connectivity index (χ2v) is 7.14. The summed E-state index contributed by atoms with van der Waals surface area (Å²) in [6.45, 7) is 1.94. The molecule has 0 radical (unpaired) electrons. The Bertz CT molecular complexity index is 619. The van der Waals surface area contributed by atoms with Crippen molar-refractivity contribution in [3.8, 4) is 0 Å². The fourth-order valence-electron chi connectivity index (χ4n) is 2.35. The van der Waals surface area contributed by atoms with Crippen LogP contribution in [0.3, 0.4) is 0 Å². The van der Waals surface area contributed by atoms with Crippen LogP contribution in [0.25, 0.3) is 0 Å². The van der Waals surface area contributed by atoms with E-state index in [1.165, 1.54) is 5.56 Å². The molecule has 0 aliphatic heterocycles. The van der Waals surface area contributed by atoms with Crippen LogP contribution < -0.4 is 0 Å². The molecule has 0 aliphatic carbocycles. The van der Waals surface area contributed by atoms with Gasteiger partial charge in [0.2, 0.25) is 0 Å². The molecular formula is C17H20O2S. The van der Waals surface area contributed by atoms with Gasteiger partial charge in [-0.3, -0.25) is 0 Å². The van der Waals surface area contributed by atoms with Crippen LogP contribution in [-0.4, -0.2) is 13.7 Å². The second kappa shape index (κ2) is 6.71. The van der Waals surface area contributed by atoms with Crippen LogP contribution in [0.5, 0.6) is 0 Å². The Labute approximate surface area is 121 Å². The van der Waals surface area contributed by atoms with E-state index in [1.54, 1.807) is 24.3 Å². The topological polar surface area (TPSA) is 34.1 Å². The quantitative estimate of drug-likeness (QED) is 0.808. The number of sulfone groups is 1. The maximum Gasteiger partial charge on any atom is 0.181 e. The van der Waals surface area contributed by atoms with E-state index in [-0.39, 0.29) is 5.25 Å². The molecule has 2 rings (SSSR count). The summed E-state index contributed by atoms with van der Waals surface area (Å²) in [4.78, 5) is 0.430. The minimum Gasteiger partial charge on any atom is -0.223 e. The monoisotopic (exact) mass is 288 g/mol. The minimum atomic E-state index is -3.22. The van der Waals surface area contributed by atoms with Crippen molar-refractivity contribution < 1.29 is 8.42 Å². The highest BCUT2D eigenvalue weighted by Crippen LogP contribution is 2.22. The third-order valence-corrected chi connectivity index (χ3v) is 5.94. The summed E-state index contributed by atoms with van der Waals surface area (Å²) in [5.74, 6) is 0. The molecule has 1 atom stereocenters. The molecule has 0 spiro atoms. The molecule has 0 unspecified atom stereocenters. The van der Waals surface area contributed by atoms with Gasteiger partial charge in [-0.15, -0.1) is 0 Å². The maximum atomic E-state index is 12.6. The molecule has 106 valence electrons. The highest BCUT2D eigenvalue weighted by molar-refractivity contribution is 7.92. The smallest absolute Gasteiger partial charge is 0.181 e. The van der Waals surface area contributed by atoms with E-state index in [0.29, 0.717) is 17.7 Å². The van der Waals surface area contributed by atoms with Gasteiger partial charge in [0.15, 0.2) is 9.84 Å². The zero-order chi connectivity index (χ0) is 14.4. The van der Waals surface area contributed by atoms with E-state index in [0.717, 1.165) is 6.42 Å². The van der Waals surface area contributed by atoms with Gasteiger partial charge >= 0.3 is 0 Å². The van der Waals surface area contributed by atoms with Crippen LogP contribution in [0, 0.1) is 0 Å². The molecule has 0 aromatic heterocycles. The molecule has 2 aromatic rings. The molecule has 2 nitrogen and oxygen atoms in total. The first-order valence-corrected chi connectivity index (χ1v) is 8.52. The normalized spacial score (nSPS) is 13.1. The lowest BCUT2D eigenvalue weighted by Crippen LogP contribution is -2.21. The number of benzene rings is 2. The molecule has 0 fully saturated rings. The predicted octanol–water partition coefficient (Wildman–Crippen LogP) is 3.87. The molecule has 3 heteroatoms. The fraction of sp³-hybridized carbons (Fsp3) is 0.294. The number of aryl methyl sites for hydroxylation is 1. The summed E-state index contributed by atoms with van der Waals surface area (Å²) in [5.41, 5.74) is 1.19. The Morgan fingerprint density at radius 1 is 0.900 bits per heavy atom. The molecule has 0 saturated heterocycles. The summed E-state index contributed by atoms with van der Waals surface area (Å²) >= 11 is 0. The number of hydrogen-bond acceptors (Lipinski definition) is 2. The van der Waals surface area contributed by atoms with E-state index in [4.69, 9.17) is 0 Å². The van der Waals surface area contributed by atoms with Gasteiger partial charge in [-0.05, 0) is 37.0 Å². The first-order chi connectivity index (χ1) is 9.64. The zero-order valence-corrected chi connectivity index (χ0v) is 12.5. The molecular weight excluding hydrogens is 268 g/mol. The Balaban J connectivity index is 2.12. The van der Waals surface area contributed by atoms with Gasteiger partial charge in [-0.1, -0.05) is 55.5 Å². The van der Waals surface area contributed by atoms with E-state index >= 15 is 0 Å². The summed E-state index contributed by atoms with van der Waals surface area (Å²) < 4.78 is 25.2. The Morgan fingerprint density at radius 2 is 1.45 bits per heavy atom. The summed E-state index contributed by atoms with van der Waals surface area (Å²) in [6, 6.07) is 18.8. The number of rotatable bonds is 6. The summed E-state index contributed by atoms with van der Waals surface area (Å²) in [7, 11) is -3.22. The van der Waals surface area contributed by atoms with Crippen LogP contribution in [0.4, 0.5) is 0 Å². The predicted molar refractivity (Wildman–Crippen MR) is 82.5 cm³/mol. The average molecular weight is 288 g/mol. The Hall–Kier alpha value is -1.61. The van der Waals surface area contributed by atoms with E-state index in [1.807, 2.05) is 43.3 Å². The van der Waals surface area contributed by atoms with Crippen molar-refractivity contribution in [3.63, 3.8) is 0 Å². The van der Waals surface area contributed by atoms with Gasteiger partial charge in [0.05, 0.1) is 10.1 Å². The van der Waals surface area contributed by atoms with E-state index in [9.17, 15) is 8.42 Å². The molecule has 2 aromatic carbocycles. The lowest BCUT2D eigenvalue weighted by molar-refractivity contribution is 0.566. The summed E-state index contributed by atoms with van der Waals surface area (Å²) in [5, 5.41) is -0.315. The highest BCUT2D eigenvalue weighted by atomic mass is 32.2. The van der Waals surface area contributed by atoms with Gasteiger partial charge in [-0.25, -0.2) is 8.42 Å². The van der Waals surface area contributed by atoms with Crippen LogP contribution in [0.2, 0.25) is 0 Å². The molecule has 20 heavy (non-hydrogen) atoms. The van der Waals surface area contributed by atoms with Crippen molar-refractivity contribution in [1.82, 2.24) is 0 Å². The zero-order valence-electron chi connectivity index (χ0n) is 11.7. The third-order valence-electron chi connectivity index (χ3n) is 3.56. The van der Waals surface area contributed by atoms with Crippen molar-refractivity contribution in [2.75, 3.05) is 0 Å². The molecule has 0 N–H and O–H groups in total. The third kappa shape index (κ3) is 3.48. The molecule has 0 saturated carbocycles. The standard InChI is InChI=1S/C17H20O2S/c1-2-16(14-13-15-9-5-3-6-10-15)20(18,19)17-11-7-4-8-12-17/h3-12,16H,2,13-14H2,1H3/t16-/m0/s1. The first kappa shape index (κ1) is 14.8. The highest BCUT2D eigenvalue weighted by Gasteiger charge is 2.25. The molecule has 0 heterocycles. The Kier molecular flexibility index (Phi) is 4.96. The van der Waals surface area contributed by atoms with Gasteiger partial charge in [0, 0.05) is 0 Å². The first-order valence-electron chi connectivity index (χ1n) is 6.97. The van der Waals surface area contributed by atoms with Gasteiger partial charge < -0.3 is 0 Å². The van der Waals surface area contributed by atoms with Crippen molar-refractivity contribution >= 4 is 9.84 Å². The van der Waals surface area contributed by atoms with Gasteiger partial charge in [-0.2, -0.15) is 0 Å². The van der Waals surface area contributed by atoms with E-state index < -0.39 is 9.84 Å². The lowest BCUT2D eigenvalue weighted by Gasteiger charge is -2.16. The Morgan fingerprint density at radius 3 is 2.00 bits per heavy atom. The lowest BCUT2D eigenvalue weighted by atomic mass is 10.1. The van der Waals surface area contributed by atoms with Crippen molar-refractivity contribution in [2.24, 2.45) is 0 Å². The summed E-state index contributed by atoms with van der Waals surface area (Å²) in [6.07, 6.45) is 2.10. The minimum absolute atomic E-state index is 0.315. The maximum absolute atomic E-state index is 12.6. The van der Waals surface area contributed by atoms with Gasteiger partial charge in [0.25, 0.3) is 0 Å². The van der Waals surface area contributed by atoms with Gasteiger partial charge in [0.1, 0.15) is 0 Å². The SMILES string of the molecule is CC[C@@H](CCc1ccccc1)S(=O)(=O)c1ccccc1. The fourth-order valence-corrected chi connectivity index (χ4v) is 4.14. The second-order valence-electron chi connectivity index (χ2n) is 4.91. The molecule has 0 aliphatic rings. The molecule has 0 amide bonds. The van der Waals surface area contributed by atoms with Crippen LogP contribution in [0.15, 0.2) is 65.6 Å². The van der Waals surface area contributed by atoms with Crippen molar-refractivity contribution in [2.45, 2.75) is 36.3 Å². The van der Waals surface area contributed by atoms with Crippen molar-refractivity contribution in [3.05, 3.63) is 66.2 Å². The van der Waals surface area contributed by atoms with Crippen LogP contribution in [-0.2, 0) is 16.3 Å². The largest absolute Gasteiger partial charge is 0.223 e. The van der Waals surface area contributed by atoms with Crippen LogP contribution in [0.1, 0.15) is 25.3 Å².